The standard InChI is InChI=1S/C17H26ClNO4/c1-5-8-9-12(4)23-17(20)19-13-10-14(18)16(22-7-3)15(11-13)21-6-2/h10-12H,5-9H2,1-4H3,(H,19,20). The Morgan fingerprint density at radius 2 is 1.91 bits per heavy atom. The van der Waals surface area contributed by atoms with E-state index in [-0.39, 0.29) is 6.10 Å². The summed E-state index contributed by atoms with van der Waals surface area (Å²) in [5.74, 6) is 0.974. The van der Waals surface area contributed by atoms with Crippen molar-refractivity contribution in [2.45, 2.75) is 53.1 Å². The van der Waals surface area contributed by atoms with Gasteiger partial charge in [0, 0.05) is 11.8 Å². The average Bonchev–Trinajstić information content (AvgIpc) is 2.48. The maximum atomic E-state index is 11.9. The van der Waals surface area contributed by atoms with Gasteiger partial charge in [0.25, 0.3) is 0 Å². The first-order valence-corrected chi connectivity index (χ1v) is 8.46. The number of anilines is 1. The molecule has 0 aliphatic heterocycles. The fourth-order valence-corrected chi connectivity index (χ4v) is 2.33. The van der Waals surface area contributed by atoms with Crippen LogP contribution in [0.2, 0.25) is 5.02 Å². The SMILES string of the molecule is CCCCC(C)OC(=O)Nc1cc(Cl)c(OCC)c(OCC)c1. The molecule has 0 bridgehead atoms. The van der Waals surface area contributed by atoms with Crippen molar-refractivity contribution in [3.05, 3.63) is 17.2 Å². The van der Waals surface area contributed by atoms with E-state index in [2.05, 4.69) is 12.2 Å². The molecule has 0 aromatic heterocycles. The molecule has 1 aromatic carbocycles. The van der Waals surface area contributed by atoms with Crippen molar-refractivity contribution in [3.8, 4) is 11.5 Å². The summed E-state index contributed by atoms with van der Waals surface area (Å²) in [6.07, 6.45) is 2.31. The first-order chi connectivity index (χ1) is 11.0. The quantitative estimate of drug-likeness (QED) is 0.664. The van der Waals surface area contributed by atoms with Gasteiger partial charge >= 0.3 is 6.09 Å². The van der Waals surface area contributed by atoms with Crippen LogP contribution >= 0.6 is 11.6 Å². The van der Waals surface area contributed by atoms with E-state index in [1.165, 1.54) is 0 Å². The van der Waals surface area contributed by atoms with Gasteiger partial charge < -0.3 is 14.2 Å². The lowest BCUT2D eigenvalue weighted by Crippen LogP contribution is -2.20. The molecule has 0 aliphatic carbocycles. The van der Waals surface area contributed by atoms with Crippen molar-refractivity contribution in [1.82, 2.24) is 0 Å². The Morgan fingerprint density at radius 1 is 1.22 bits per heavy atom. The predicted molar refractivity (Wildman–Crippen MR) is 92.9 cm³/mol. The number of carbonyl (C=O) groups excluding carboxylic acids is 1. The van der Waals surface area contributed by atoms with E-state index in [0.717, 1.165) is 19.3 Å². The third-order valence-electron chi connectivity index (χ3n) is 3.12. The number of ether oxygens (including phenoxy) is 3. The highest BCUT2D eigenvalue weighted by atomic mass is 35.5. The molecule has 0 spiro atoms. The van der Waals surface area contributed by atoms with Crippen LogP contribution in [0.4, 0.5) is 10.5 Å². The first-order valence-electron chi connectivity index (χ1n) is 8.08. The topological polar surface area (TPSA) is 56.8 Å². The van der Waals surface area contributed by atoms with Crippen LogP contribution in [0.3, 0.4) is 0 Å². The second kappa shape index (κ2) is 10.2. The number of nitrogens with one attached hydrogen (secondary N) is 1. The Balaban J connectivity index is 2.78. The fourth-order valence-electron chi connectivity index (χ4n) is 2.07. The van der Waals surface area contributed by atoms with Crippen molar-refractivity contribution in [3.63, 3.8) is 0 Å². The molecule has 6 heteroatoms. The maximum Gasteiger partial charge on any atom is 0.411 e. The van der Waals surface area contributed by atoms with Gasteiger partial charge in [0.15, 0.2) is 11.5 Å². The van der Waals surface area contributed by atoms with Gasteiger partial charge in [-0.1, -0.05) is 31.4 Å². The van der Waals surface area contributed by atoms with Crippen LogP contribution in [-0.2, 0) is 4.74 Å². The summed E-state index contributed by atoms with van der Waals surface area (Å²) in [5, 5.41) is 3.06. The number of amides is 1. The van der Waals surface area contributed by atoms with Gasteiger partial charge in [-0.05, 0) is 33.3 Å². The van der Waals surface area contributed by atoms with E-state index in [4.69, 9.17) is 25.8 Å². The number of unbranched alkanes of at least 4 members (excludes halogenated alkanes) is 1. The summed E-state index contributed by atoms with van der Waals surface area (Å²) in [7, 11) is 0. The molecule has 0 radical (unpaired) electrons. The normalized spacial score (nSPS) is 11.7. The molecule has 0 fully saturated rings. The number of rotatable bonds is 9. The predicted octanol–water partition coefficient (Wildman–Crippen LogP) is 5.26. The molecule has 5 nitrogen and oxygen atoms in total. The van der Waals surface area contributed by atoms with Gasteiger partial charge in [0.1, 0.15) is 6.10 Å². The smallest absolute Gasteiger partial charge is 0.411 e. The van der Waals surface area contributed by atoms with E-state index >= 15 is 0 Å². The zero-order valence-corrected chi connectivity index (χ0v) is 15.0. The Kier molecular flexibility index (Phi) is 8.62. The lowest BCUT2D eigenvalue weighted by atomic mass is 10.2. The average molecular weight is 344 g/mol. The number of hydrogen-bond acceptors (Lipinski definition) is 4. The molecule has 0 heterocycles. The molecule has 23 heavy (non-hydrogen) atoms. The zero-order chi connectivity index (χ0) is 17.2. The van der Waals surface area contributed by atoms with Gasteiger partial charge in [-0.25, -0.2) is 4.79 Å². The first kappa shape index (κ1) is 19.4. The van der Waals surface area contributed by atoms with Crippen LogP contribution in [0.1, 0.15) is 47.0 Å². The molecule has 1 rings (SSSR count). The van der Waals surface area contributed by atoms with Gasteiger partial charge in [-0.3, -0.25) is 5.32 Å². The molecule has 1 unspecified atom stereocenters. The number of carbonyl (C=O) groups is 1. The molecule has 0 saturated carbocycles. The summed E-state index contributed by atoms with van der Waals surface area (Å²) in [5.41, 5.74) is 0.509. The minimum absolute atomic E-state index is 0.125. The second-order valence-corrected chi connectivity index (χ2v) is 5.54. The largest absolute Gasteiger partial charge is 0.490 e. The fraction of sp³-hybridized carbons (Fsp3) is 0.588. The van der Waals surface area contributed by atoms with Crippen molar-refractivity contribution < 1.29 is 19.0 Å². The number of benzene rings is 1. The summed E-state index contributed by atoms with van der Waals surface area (Å²) < 4.78 is 16.3. The van der Waals surface area contributed by atoms with Gasteiger partial charge in [0.2, 0.25) is 0 Å². The second-order valence-electron chi connectivity index (χ2n) is 5.13. The van der Waals surface area contributed by atoms with Crippen LogP contribution in [-0.4, -0.2) is 25.4 Å². The summed E-state index contributed by atoms with van der Waals surface area (Å²) in [6, 6.07) is 3.30. The maximum absolute atomic E-state index is 11.9. The van der Waals surface area contributed by atoms with Crippen molar-refractivity contribution in [2.75, 3.05) is 18.5 Å². The van der Waals surface area contributed by atoms with Crippen LogP contribution in [0.15, 0.2) is 12.1 Å². The van der Waals surface area contributed by atoms with Crippen molar-refractivity contribution in [2.24, 2.45) is 0 Å². The van der Waals surface area contributed by atoms with Crippen LogP contribution in [0.25, 0.3) is 0 Å². The Labute approximate surface area is 143 Å². The number of hydrogen-bond donors (Lipinski definition) is 1. The molecule has 1 amide bonds. The van der Waals surface area contributed by atoms with E-state index in [9.17, 15) is 4.79 Å². The third-order valence-corrected chi connectivity index (χ3v) is 3.40. The van der Waals surface area contributed by atoms with Gasteiger partial charge in [-0.2, -0.15) is 0 Å². The molecule has 1 aromatic rings. The molecule has 1 atom stereocenters. The molecular weight excluding hydrogens is 318 g/mol. The van der Waals surface area contributed by atoms with Crippen LogP contribution in [0, 0.1) is 0 Å². The van der Waals surface area contributed by atoms with Crippen molar-refractivity contribution in [1.29, 1.82) is 0 Å². The van der Waals surface area contributed by atoms with E-state index in [0.29, 0.717) is 35.4 Å². The Bertz CT molecular complexity index is 508. The molecule has 0 saturated heterocycles. The van der Waals surface area contributed by atoms with E-state index in [1.807, 2.05) is 20.8 Å². The molecular formula is C17H26ClNO4. The molecule has 0 aliphatic rings. The van der Waals surface area contributed by atoms with Gasteiger partial charge in [0.05, 0.1) is 18.2 Å². The minimum Gasteiger partial charge on any atom is -0.490 e. The molecule has 130 valence electrons. The summed E-state index contributed by atoms with van der Waals surface area (Å²) in [6.45, 7) is 8.67. The van der Waals surface area contributed by atoms with Gasteiger partial charge in [-0.15, -0.1) is 0 Å². The summed E-state index contributed by atoms with van der Waals surface area (Å²) in [4.78, 5) is 11.9. The lowest BCUT2D eigenvalue weighted by Gasteiger charge is -2.16. The van der Waals surface area contributed by atoms with Crippen LogP contribution in [0.5, 0.6) is 11.5 Å². The summed E-state index contributed by atoms with van der Waals surface area (Å²) >= 11 is 6.21. The van der Waals surface area contributed by atoms with E-state index in [1.54, 1.807) is 12.1 Å². The van der Waals surface area contributed by atoms with Crippen LogP contribution < -0.4 is 14.8 Å². The Morgan fingerprint density at radius 3 is 2.52 bits per heavy atom. The van der Waals surface area contributed by atoms with Crippen molar-refractivity contribution >= 4 is 23.4 Å². The highest BCUT2D eigenvalue weighted by molar-refractivity contribution is 6.32. The Hall–Kier alpha value is -1.62. The monoisotopic (exact) mass is 343 g/mol. The number of halogens is 1. The molecule has 1 N–H and O–H groups in total. The van der Waals surface area contributed by atoms with E-state index < -0.39 is 6.09 Å². The highest BCUT2D eigenvalue weighted by Crippen LogP contribution is 2.38. The zero-order valence-electron chi connectivity index (χ0n) is 14.3. The third kappa shape index (κ3) is 6.57. The lowest BCUT2D eigenvalue weighted by molar-refractivity contribution is 0.114. The highest BCUT2D eigenvalue weighted by Gasteiger charge is 2.15. The minimum atomic E-state index is -0.503.